The van der Waals surface area contributed by atoms with Gasteiger partial charge in [0.1, 0.15) is 11.8 Å². The number of likely N-dealkylation sites (N-methyl/N-ethyl adjacent to an activating group) is 1. The van der Waals surface area contributed by atoms with Crippen LogP contribution in [0.1, 0.15) is 5.69 Å². The molecule has 0 bridgehead atoms. The van der Waals surface area contributed by atoms with E-state index in [1.807, 2.05) is 18.0 Å². The molecule has 0 radical (unpaired) electrons. The summed E-state index contributed by atoms with van der Waals surface area (Å²) in [5, 5.41) is 17.2. The van der Waals surface area contributed by atoms with E-state index in [0.717, 1.165) is 5.69 Å². The molecule has 1 heterocycles. The molecule has 13 heavy (non-hydrogen) atoms. The average Bonchev–Trinajstić information content (AvgIpc) is 2.18. The van der Waals surface area contributed by atoms with Crippen molar-refractivity contribution in [2.75, 3.05) is 25.1 Å². The highest BCUT2D eigenvalue weighted by Crippen LogP contribution is 2.09. The first-order valence-electron chi connectivity index (χ1n) is 3.96. The van der Waals surface area contributed by atoms with E-state index in [1.165, 1.54) is 0 Å². The molecule has 0 unspecified atom stereocenters. The molecule has 0 spiro atoms. The second-order valence-corrected chi connectivity index (χ2v) is 2.66. The van der Waals surface area contributed by atoms with Crippen molar-refractivity contribution in [3.05, 3.63) is 24.0 Å². The zero-order chi connectivity index (χ0) is 9.68. The normalized spacial score (nSPS) is 9.31. The molecule has 0 aliphatic heterocycles. The van der Waals surface area contributed by atoms with Crippen LogP contribution in [0.4, 0.5) is 5.69 Å². The Morgan fingerprint density at radius 3 is 2.85 bits per heavy atom. The maximum Gasteiger partial charge on any atom is 0.140 e. The number of nitrogens with zero attached hydrogens (tertiary/aromatic N) is 3. The predicted molar refractivity (Wildman–Crippen MR) is 49.3 cm³/mol. The van der Waals surface area contributed by atoms with Crippen LogP contribution in [0.3, 0.4) is 0 Å². The molecule has 0 atom stereocenters. The van der Waals surface area contributed by atoms with Crippen LogP contribution in [-0.2, 0) is 0 Å². The molecule has 68 valence electrons. The fourth-order valence-corrected chi connectivity index (χ4v) is 0.957. The summed E-state index contributed by atoms with van der Waals surface area (Å²) in [4.78, 5) is 5.79. The number of pyridine rings is 1. The molecule has 0 aliphatic carbocycles. The van der Waals surface area contributed by atoms with E-state index < -0.39 is 0 Å². The number of rotatable bonds is 3. The Bertz CT molecular complexity index is 302. The fourth-order valence-electron chi connectivity index (χ4n) is 0.957. The molecule has 0 amide bonds. The van der Waals surface area contributed by atoms with E-state index in [1.54, 1.807) is 18.3 Å². The van der Waals surface area contributed by atoms with Crippen molar-refractivity contribution < 1.29 is 5.11 Å². The van der Waals surface area contributed by atoms with Gasteiger partial charge >= 0.3 is 0 Å². The lowest BCUT2D eigenvalue weighted by molar-refractivity contribution is 0.304. The van der Waals surface area contributed by atoms with Gasteiger partial charge in [-0.1, -0.05) is 0 Å². The fraction of sp³-hybridized carbons (Fsp3) is 0.333. The first-order chi connectivity index (χ1) is 6.27. The summed E-state index contributed by atoms with van der Waals surface area (Å²) in [5.41, 5.74) is 1.30. The summed E-state index contributed by atoms with van der Waals surface area (Å²) in [5.74, 6) is 0. The van der Waals surface area contributed by atoms with Crippen LogP contribution >= 0.6 is 0 Å². The molecule has 1 N–H and O–H groups in total. The van der Waals surface area contributed by atoms with Crippen molar-refractivity contribution in [1.82, 2.24) is 4.98 Å². The van der Waals surface area contributed by atoms with Gasteiger partial charge in [-0.15, -0.1) is 0 Å². The molecule has 0 aliphatic rings. The lowest BCUT2D eigenvalue weighted by Gasteiger charge is -2.16. The maximum absolute atomic E-state index is 8.68. The number of aliphatic hydroxyl groups excluding tert-OH is 1. The van der Waals surface area contributed by atoms with Crippen LogP contribution in [-0.4, -0.2) is 30.3 Å². The van der Waals surface area contributed by atoms with Gasteiger partial charge in [0.15, 0.2) is 0 Å². The lowest BCUT2D eigenvalue weighted by atomic mass is 10.3. The predicted octanol–water partition coefficient (Wildman–Crippen LogP) is 0.382. The zero-order valence-corrected chi connectivity index (χ0v) is 7.44. The number of aromatic nitrogens is 1. The highest BCUT2D eigenvalue weighted by molar-refractivity contribution is 5.44. The van der Waals surface area contributed by atoms with Gasteiger partial charge in [-0.25, -0.2) is 4.98 Å². The molecule has 1 aromatic rings. The Hall–Kier alpha value is -1.60. The van der Waals surface area contributed by atoms with Crippen LogP contribution in [0, 0.1) is 11.3 Å². The first kappa shape index (κ1) is 9.49. The number of hydrogen-bond donors (Lipinski definition) is 1. The largest absolute Gasteiger partial charge is 0.395 e. The summed E-state index contributed by atoms with van der Waals surface area (Å²) < 4.78 is 0. The third-order valence-corrected chi connectivity index (χ3v) is 1.74. The molecule has 4 nitrogen and oxygen atoms in total. The van der Waals surface area contributed by atoms with E-state index in [2.05, 4.69) is 4.98 Å². The Balaban J connectivity index is 2.75. The topological polar surface area (TPSA) is 60.1 Å². The molecule has 0 saturated carbocycles. The smallest absolute Gasteiger partial charge is 0.140 e. The molecule has 0 fully saturated rings. The van der Waals surface area contributed by atoms with E-state index in [-0.39, 0.29) is 6.61 Å². The van der Waals surface area contributed by atoms with Crippen molar-refractivity contribution in [3.63, 3.8) is 0 Å². The standard InChI is InChI=1S/C9H11N3O/c1-12(4-5-13)9-3-2-8(6-10)11-7-9/h2-3,7,13H,4-5H2,1H3. The highest BCUT2D eigenvalue weighted by Gasteiger charge is 1.99. The van der Waals surface area contributed by atoms with E-state index in [0.29, 0.717) is 12.2 Å². The Kier molecular flexibility index (Phi) is 3.23. The average molecular weight is 177 g/mol. The summed E-state index contributed by atoms with van der Waals surface area (Å²) in [6.07, 6.45) is 1.62. The second-order valence-electron chi connectivity index (χ2n) is 2.66. The van der Waals surface area contributed by atoms with Crippen LogP contribution in [0.2, 0.25) is 0 Å². The van der Waals surface area contributed by atoms with Gasteiger partial charge < -0.3 is 10.0 Å². The SMILES string of the molecule is CN(CCO)c1ccc(C#N)nc1. The minimum Gasteiger partial charge on any atom is -0.395 e. The minimum absolute atomic E-state index is 0.108. The number of nitriles is 1. The number of hydrogen-bond acceptors (Lipinski definition) is 4. The molecule has 0 saturated heterocycles. The Morgan fingerprint density at radius 2 is 2.38 bits per heavy atom. The van der Waals surface area contributed by atoms with Crippen LogP contribution in [0.25, 0.3) is 0 Å². The van der Waals surface area contributed by atoms with Gasteiger partial charge in [-0.05, 0) is 12.1 Å². The summed E-state index contributed by atoms with van der Waals surface area (Å²) >= 11 is 0. The number of aliphatic hydroxyl groups is 1. The Morgan fingerprint density at radius 1 is 1.62 bits per heavy atom. The van der Waals surface area contributed by atoms with Crippen LogP contribution in [0.15, 0.2) is 18.3 Å². The molecule has 1 rings (SSSR count). The number of anilines is 1. The van der Waals surface area contributed by atoms with E-state index >= 15 is 0 Å². The monoisotopic (exact) mass is 177 g/mol. The van der Waals surface area contributed by atoms with Gasteiger partial charge in [0, 0.05) is 13.6 Å². The van der Waals surface area contributed by atoms with Crippen molar-refractivity contribution in [3.8, 4) is 6.07 Å². The quantitative estimate of drug-likeness (QED) is 0.725. The lowest BCUT2D eigenvalue weighted by Crippen LogP contribution is -2.21. The highest BCUT2D eigenvalue weighted by atomic mass is 16.3. The Labute approximate surface area is 77.1 Å². The van der Waals surface area contributed by atoms with Crippen molar-refractivity contribution in [2.24, 2.45) is 0 Å². The summed E-state index contributed by atoms with van der Waals surface area (Å²) in [6, 6.07) is 5.41. The summed E-state index contributed by atoms with van der Waals surface area (Å²) in [6.45, 7) is 0.671. The van der Waals surface area contributed by atoms with Crippen molar-refractivity contribution >= 4 is 5.69 Å². The van der Waals surface area contributed by atoms with Crippen molar-refractivity contribution in [1.29, 1.82) is 5.26 Å². The third kappa shape index (κ3) is 2.42. The third-order valence-electron chi connectivity index (χ3n) is 1.74. The first-order valence-corrected chi connectivity index (χ1v) is 3.96. The van der Waals surface area contributed by atoms with Gasteiger partial charge in [0.2, 0.25) is 0 Å². The van der Waals surface area contributed by atoms with E-state index in [9.17, 15) is 0 Å². The minimum atomic E-state index is 0.108. The van der Waals surface area contributed by atoms with Gasteiger partial charge in [0.05, 0.1) is 18.5 Å². The van der Waals surface area contributed by atoms with Crippen LogP contribution < -0.4 is 4.90 Å². The maximum atomic E-state index is 8.68. The molecule has 1 aromatic heterocycles. The van der Waals surface area contributed by atoms with Gasteiger partial charge in [-0.2, -0.15) is 5.26 Å². The van der Waals surface area contributed by atoms with Crippen molar-refractivity contribution in [2.45, 2.75) is 0 Å². The summed E-state index contributed by atoms with van der Waals surface area (Å²) in [7, 11) is 1.86. The molecule has 4 heteroatoms. The molecular weight excluding hydrogens is 166 g/mol. The second kappa shape index (κ2) is 4.43. The van der Waals surface area contributed by atoms with Gasteiger partial charge in [-0.3, -0.25) is 0 Å². The molecule has 0 aromatic carbocycles. The van der Waals surface area contributed by atoms with Crippen LogP contribution in [0.5, 0.6) is 0 Å². The van der Waals surface area contributed by atoms with Gasteiger partial charge in [0.25, 0.3) is 0 Å². The zero-order valence-electron chi connectivity index (χ0n) is 7.44. The van der Waals surface area contributed by atoms with E-state index in [4.69, 9.17) is 10.4 Å². The molecular formula is C9H11N3O.